The average molecular weight is 471 g/mol. The van der Waals surface area contributed by atoms with Crippen LogP contribution in [0.3, 0.4) is 0 Å². The van der Waals surface area contributed by atoms with Crippen molar-refractivity contribution in [2.45, 2.75) is 19.3 Å². The van der Waals surface area contributed by atoms with E-state index < -0.39 is 0 Å². The van der Waals surface area contributed by atoms with Gasteiger partial charge in [-0.3, -0.25) is 9.67 Å². The van der Waals surface area contributed by atoms with Crippen LogP contribution in [0, 0.1) is 0 Å². The van der Waals surface area contributed by atoms with E-state index in [-0.39, 0.29) is 24.0 Å². The van der Waals surface area contributed by atoms with Crippen LogP contribution in [0.4, 0.5) is 5.69 Å². The monoisotopic (exact) mass is 471 g/mol. The number of aryl methyl sites for hydroxylation is 2. The minimum Gasteiger partial charge on any atom is -0.490 e. The summed E-state index contributed by atoms with van der Waals surface area (Å²) in [6, 6.07) is 5.85. The van der Waals surface area contributed by atoms with Crippen LogP contribution in [0.5, 0.6) is 11.5 Å². The summed E-state index contributed by atoms with van der Waals surface area (Å²) in [6.07, 6.45) is 6.85. The number of hydrogen-bond donors (Lipinski definition) is 2. The number of nitrogens with zero attached hydrogens (tertiary/aromatic N) is 3. The van der Waals surface area contributed by atoms with Crippen molar-refractivity contribution in [3.8, 4) is 11.5 Å². The van der Waals surface area contributed by atoms with Crippen molar-refractivity contribution >= 4 is 35.6 Å². The van der Waals surface area contributed by atoms with Gasteiger partial charge in [0, 0.05) is 45.0 Å². The van der Waals surface area contributed by atoms with Crippen LogP contribution < -0.4 is 20.1 Å². The highest BCUT2D eigenvalue weighted by Crippen LogP contribution is 2.32. The molecule has 0 spiro atoms. The Labute approximate surface area is 171 Å². The molecule has 8 heteroatoms. The highest BCUT2D eigenvalue weighted by atomic mass is 127. The molecule has 2 N–H and O–H groups in total. The minimum atomic E-state index is 0. The third kappa shape index (κ3) is 5.79. The summed E-state index contributed by atoms with van der Waals surface area (Å²) in [5.41, 5.74) is 2.17. The number of aliphatic imine (C=N–C) groups is 1. The van der Waals surface area contributed by atoms with Crippen LogP contribution in [-0.4, -0.2) is 42.5 Å². The van der Waals surface area contributed by atoms with Gasteiger partial charge in [0.05, 0.1) is 19.4 Å². The first-order valence-electron chi connectivity index (χ1n) is 8.59. The van der Waals surface area contributed by atoms with E-state index in [1.165, 1.54) is 5.56 Å². The molecule has 1 aliphatic rings. The summed E-state index contributed by atoms with van der Waals surface area (Å²) in [5.74, 6) is 2.30. The summed E-state index contributed by atoms with van der Waals surface area (Å²) in [7, 11) is 3.70. The first kappa shape index (κ1) is 20.3. The number of ether oxygens (including phenoxy) is 2. The van der Waals surface area contributed by atoms with Gasteiger partial charge in [-0.2, -0.15) is 5.10 Å². The molecule has 0 aliphatic carbocycles. The van der Waals surface area contributed by atoms with Crippen molar-refractivity contribution in [3.05, 3.63) is 36.2 Å². The molecule has 2 heterocycles. The molecule has 26 heavy (non-hydrogen) atoms. The number of guanidine groups is 1. The minimum absolute atomic E-state index is 0. The fourth-order valence-electron chi connectivity index (χ4n) is 2.66. The largest absolute Gasteiger partial charge is 0.490 e. The number of aromatic nitrogens is 2. The Morgan fingerprint density at radius 1 is 1.27 bits per heavy atom. The number of anilines is 1. The molecular weight excluding hydrogens is 445 g/mol. The van der Waals surface area contributed by atoms with Crippen molar-refractivity contribution in [1.82, 2.24) is 15.1 Å². The lowest BCUT2D eigenvalue weighted by atomic mass is 10.2. The summed E-state index contributed by atoms with van der Waals surface area (Å²) in [5, 5.41) is 10.8. The van der Waals surface area contributed by atoms with Crippen molar-refractivity contribution in [3.63, 3.8) is 0 Å². The molecule has 0 saturated carbocycles. The zero-order chi connectivity index (χ0) is 17.5. The third-order valence-electron chi connectivity index (χ3n) is 3.93. The fraction of sp³-hybridized carbons (Fsp3) is 0.444. The SMILES string of the molecule is CN=C(NCCCc1cnn(C)c1)Nc1ccc2c(c1)OCCCO2.I. The summed E-state index contributed by atoms with van der Waals surface area (Å²) >= 11 is 0. The molecular formula is C18H26IN5O2. The summed E-state index contributed by atoms with van der Waals surface area (Å²) in [6.45, 7) is 2.21. The topological polar surface area (TPSA) is 72.7 Å². The lowest BCUT2D eigenvalue weighted by Gasteiger charge is -2.14. The number of rotatable bonds is 5. The normalized spacial score (nSPS) is 13.5. The van der Waals surface area contributed by atoms with Crippen LogP contribution in [0.1, 0.15) is 18.4 Å². The first-order valence-corrected chi connectivity index (χ1v) is 8.59. The molecule has 1 aromatic heterocycles. The second-order valence-electron chi connectivity index (χ2n) is 5.96. The third-order valence-corrected chi connectivity index (χ3v) is 3.93. The quantitative estimate of drug-likeness (QED) is 0.304. The van der Waals surface area contributed by atoms with E-state index in [1.54, 1.807) is 7.05 Å². The predicted molar refractivity (Wildman–Crippen MR) is 114 cm³/mol. The average Bonchev–Trinajstić information content (AvgIpc) is 2.89. The van der Waals surface area contributed by atoms with E-state index in [0.717, 1.165) is 49.0 Å². The molecule has 0 bridgehead atoms. The lowest BCUT2D eigenvalue weighted by molar-refractivity contribution is 0.297. The number of halogens is 1. The van der Waals surface area contributed by atoms with E-state index in [2.05, 4.69) is 20.7 Å². The maximum atomic E-state index is 5.72. The molecule has 142 valence electrons. The van der Waals surface area contributed by atoms with Crippen LogP contribution in [-0.2, 0) is 13.5 Å². The van der Waals surface area contributed by atoms with Gasteiger partial charge in [0.2, 0.25) is 0 Å². The molecule has 0 unspecified atom stereocenters. The Kier molecular flexibility index (Phi) is 8.02. The van der Waals surface area contributed by atoms with Crippen LogP contribution in [0.2, 0.25) is 0 Å². The molecule has 0 fully saturated rings. The molecule has 0 amide bonds. The van der Waals surface area contributed by atoms with Gasteiger partial charge in [-0.25, -0.2) is 0 Å². The van der Waals surface area contributed by atoms with Gasteiger partial charge in [-0.15, -0.1) is 24.0 Å². The number of benzene rings is 1. The number of nitrogens with one attached hydrogen (secondary N) is 2. The van der Waals surface area contributed by atoms with E-state index in [4.69, 9.17) is 9.47 Å². The van der Waals surface area contributed by atoms with Gasteiger partial charge in [0.25, 0.3) is 0 Å². The van der Waals surface area contributed by atoms with Gasteiger partial charge < -0.3 is 20.1 Å². The fourth-order valence-corrected chi connectivity index (χ4v) is 2.66. The Morgan fingerprint density at radius 2 is 2.08 bits per heavy atom. The maximum Gasteiger partial charge on any atom is 0.195 e. The standard InChI is InChI=1S/C18H25N5O2.HI/c1-19-18(20-8-3-5-14-12-21-23(2)13-14)22-15-6-7-16-17(11-15)25-10-4-9-24-16;/h6-7,11-13H,3-5,8-10H2,1-2H3,(H2,19,20,22);1H. The van der Waals surface area contributed by atoms with Crippen LogP contribution in [0.25, 0.3) is 0 Å². The smallest absolute Gasteiger partial charge is 0.195 e. The summed E-state index contributed by atoms with van der Waals surface area (Å²) < 4.78 is 13.2. The van der Waals surface area contributed by atoms with E-state index in [0.29, 0.717) is 13.2 Å². The highest BCUT2D eigenvalue weighted by Gasteiger charge is 2.11. The van der Waals surface area contributed by atoms with Gasteiger partial charge in [0.15, 0.2) is 17.5 Å². The second kappa shape index (κ2) is 10.2. The zero-order valence-electron chi connectivity index (χ0n) is 15.2. The van der Waals surface area contributed by atoms with Crippen molar-refractivity contribution in [1.29, 1.82) is 0 Å². The van der Waals surface area contributed by atoms with Gasteiger partial charge in [-0.05, 0) is 30.5 Å². The Hall–Kier alpha value is -1.97. The molecule has 7 nitrogen and oxygen atoms in total. The van der Waals surface area contributed by atoms with Gasteiger partial charge >= 0.3 is 0 Å². The maximum absolute atomic E-state index is 5.72. The molecule has 0 radical (unpaired) electrons. The predicted octanol–water partition coefficient (Wildman–Crippen LogP) is 2.82. The first-order chi connectivity index (χ1) is 12.2. The molecule has 0 atom stereocenters. The molecule has 2 aromatic rings. The summed E-state index contributed by atoms with van der Waals surface area (Å²) in [4.78, 5) is 4.27. The van der Waals surface area contributed by atoms with Crippen LogP contribution in [0.15, 0.2) is 35.6 Å². The highest BCUT2D eigenvalue weighted by molar-refractivity contribution is 14.0. The molecule has 1 aliphatic heterocycles. The number of hydrogen-bond acceptors (Lipinski definition) is 4. The van der Waals surface area contributed by atoms with Crippen molar-refractivity contribution < 1.29 is 9.47 Å². The van der Waals surface area contributed by atoms with Gasteiger partial charge in [-0.1, -0.05) is 0 Å². The van der Waals surface area contributed by atoms with Crippen LogP contribution >= 0.6 is 24.0 Å². The van der Waals surface area contributed by atoms with E-state index in [9.17, 15) is 0 Å². The molecule has 1 aromatic carbocycles. The van der Waals surface area contributed by atoms with E-state index in [1.807, 2.05) is 42.3 Å². The Balaban J connectivity index is 0.00000243. The van der Waals surface area contributed by atoms with Crippen molar-refractivity contribution in [2.24, 2.45) is 12.0 Å². The second-order valence-corrected chi connectivity index (χ2v) is 5.96. The van der Waals surface area contributed by atoms with Gasteiger partial charge in [0.1, 0.15) is 0 Å². The van der Waals surface area contributed by atoms with Crippen molar-refractivity contribution in [2.75, 3.05) is 32.1 Å². The zero-order valence-corrected chi connectivity index (χ0v) is 17.5. The Bertz CT molecular complexity index is 732. The lowest BCUT2D eigenvalue weighted by Crippen LogP contribution is -2.31. The van der Waals surface area contributed by atoms with E-state index >= 15 is 0 Å². The molecule has 3 rings (SSSR count). The number of fused-ring (bicyclic) bond motifs is 1. The Morgan fingerprint density at radius 3 is 2.81 bits per heavy atom. The molecule has 0 saturated heterocycles.